The molecule has 0 bridgehead atoms. The molecule has 2 heteroatoms. The largest absolute Gasteiger partial charge is 0.312 e. The lowest BCUT2D eigenvalue weighted by atomic mass is 9.98. The molecule has 0 spiro atoms. The Kier molecular flexibility index (Phi) is 4.26. The first kappa shape index (κ1) is 12.4. The SMILES string of the molecule is CCC(C)C(C)N1CCCNC(C2CC2)C1. The fourth-order valence-corrected chi connectivity index (χ4v) is 2.86. The van der Waals surface area contributed by atoms with Crippen molar-refractivity contribution in [3.05, 3.63) is 0 Å². The Labute approximate surface area is 101 Å². The van der Waals surface area contributed by atoms with Crippen molar-refractivity contribution in [1.82, 2.24) is 10.2 Å². The Bertz CT molecular complexity index is 213. The Balaban J connectivity index is 1.91. The van der Waals surface area contributed by atoms with Crippen LogP contribution in [0.1, 0.15) is 46.5 Å². The summed E-state index contributed by atoms with van der Waals surface area (Å²) in [6, 6.07) is 1.54. The van der Waals surface area contributed by atoms with Crippen LogP contribution in [0.15, 0.2) is 0 Å². The first-order valence-electron chi connectivity index (χ1n) is 7.19. The fourth-order valence-electron chi connectivity index (χ4n) is 2.86. The van der Waals surface area contributed by atoms with Gasteiger partial charge in [-0.05, 0) is 51.1 Å². The lowest BCUT2D eigenvalue weighted by molar-refractivity contribution is 0.152. The molecule has 3 atom stereocenters. The summed E-state index contributed by atoms with van der Waals surface area (Å²) in [5, 5.41) is 3.74. The number of rotatable bonds is 4. The molecule has 94 valence electrons. The monoisotopic (exact) mass is 224 g/mol. The summed E-state index contributed by atoms with van der Waals surface area (Å²) in [4.78, 5) is 2.73. The van der Waals surface area contributed by atoms with Crippen molar-refractivity contribution >= 4 is 0 Å². The minimum absolute atomic E-state index is 0.756. The maximum absolute atomic E-state index is 3.74. The fraction of sp³-hybridized carbons (Fsp3) is 1.00. The van der Waals surface area contributed by atoms with Crippen LogP contribution in [0.2, 0.25) is 0 Å². The van der Waals surface area contributed by atoms with E-state index in [1.807, 2.05) is 0 Å². The molecule has 0 radical (unpaired) electrons. The van der Waals surface area contributed by atoms with E-state index >= 15 is 0 Å². The second-order valence-electron chi connectivity index (χ2n) is 5.87. The normalized spacial score (nSPS) is 32.1. The molecule has 2 fully saturated rings. The topological polar surface area (TPSA) is 15.3 Å². The van der Waals surface area contributed by atoms with Crippen molar-refractivity contribution in [3.8, 4) is 0 Å². The highest BCUT2D eigenvalue weighted by Gasteiger charge is 2.34. The maximum atomic E-state index is 3.74. The zero-order chi connectivity index (χ0) is 11.5. The molecule has 3 unspecified atom stereocenters. The highest BCUT2D eigenvalue weighted by molar-refractivity contribution is 4.91. The molecule has 0 aromatic rings. The van der Waals surface area contributed by atoms with Crippen LogP contribution in [0.25, 0.3) is 0 Å². The van der Waals surface area contributed by atoms with E-state index in [1.165, 1.54) is 45.3 Å². The number of nitrogens with zero attached hydrogens (tertiary/aromatic N) is 1. The van der Waals surface area contributed by atoms with E-state index in [-0.39, 0.29) is 0 Å². The second kappa shape index (κ2) is 5.50. The smallest absolute Gasteiger partial charge is 0.0223 e. The minimum Gasteiger partial charge on any atom is -0.312 e. The van der Waals surface area contributed by atoms with E-state index in [4.69, 9.17) is 0 Å². The summed E-state index contributed by atoms with van der Waals surface area (Å²) in [6.07, 6.45) is 5.55. The molecule has 0 aromatic carbocycles. The van der Waals surface area contributed by atoms with Gasteiger partial charge >= 0.3 is 0 Å². The molecule has 1 N–H and O–H groups in total. The molecule has 2 aliphatic rings. The van der Waals surface area contributed by atoms with Crippen LogP contribution in [-0.4, -0.2) is 36.6 Å². The molecule has 0 amide bonds. The molecule has 0 aromatic heterocycles. The van der Waals surface area contributed by atoms with Gasteiger partial charge in [0.2, 0.25) is 0 Å². The summed E-state index contributed by atoms with van der Waals surface area (Å²) >= 11 is 0. The van der Waals surface area contributed by atoms with Gasteiger partial charge in [0.25, 0.3) is 0 Å². The third kappa shape index (κ3) is 2.98. The van der Waals surface area contributed by atoms with Crippen LogP contribution in [0.3, 0.4) is 0 Å². The van der Waals surface area contributed by atoms with Gasteiger partial charge in [0.15, 0.2) is 0 Å². The van der Waals surface area contributed by atoms with E-state index < -0.39 is 0 Å². The maximum Gasteiger partial charge on any atom is 0.0223 e. The van der Waals surface area contributed by atoms with Crippen molar-refractivity contribution in [1.29, 1.82) is 0 Å². The highest BCUT2D eigenvalue weighted by atomic mass is 15.2. The van der Waals surface area contributed by atoms with Crippen LogP contribution in [0, 0.1) is 11.8 Å². The van der Waals surface area contributed by atoms with Gasteiger partial charge < -0.3 is 5.32 Å². The minimum atomic E-state index is 0.756. The Hall–Kier alpha value is -0.0800. The van der Waals surface area contributed by atoms with Crippen molar-refractivity contribution in [3.63, 3.8) is 0 Å². The first-order chi connectivity index (χ1) is 7.72. The first-order valence-corrected chi connectivity index (χ1v) is 7.19. The van der Waals surface area contributed by atoms with Gasteiger partial charge in [-0.2, -0.15) is 0 Å². The molecule has 1 heterocycles. The van der Waals surface area contributed by atoms with E-state index in [0.717, 1.165) is 23.9 Å². The summed E-state index contributed by atoms with van der Waals surface area (Å²) in [7, 11) is 0. The Morgan fingerprint density at radius 3 is 2.69 bits per heavy atom. The summed E-state index contributed by atoms with van der Waals surface area (Å²) in [5.74, 6) is 1.82. The summed E-state index contributed by atoms with van der Waals surface area (Å²) in [6.45, 7) is 10.9. The van der Waals surface area contributed by atoms with E-state index in [1.54, 1.807) is 0 Å². The van der Waals surface area contributed by atoms with E-state index in [0.29, 0.717) is 0 Å². The number of hydrogen-bond donors (Lipinski definition) is 1. The van der Waals surface area contributed by atoms with Crippen molar-refractivity contribution in [2.45, 2.75) is 58.5 Å². The quantitative estimate of drug-likeness (QED) is 0.789. The Morgan fingerprint density at radius 1 is 1.31 bits per heavy atom. The third-order valence-corrected chi connectivity index (χ3v) is 4.69. The predicted octanol–water partition coefficient (Wildman–Crippen LogP) is 2.49. The average molecular weight is 224 g/mol. The van der Waals surface area contributed by atoms with E-state index in [2.05, 4.69) is 31.0 Å². The predicted molar refractivity (Wildman–Crippen MR) is 69.6 cm³/mol. The Morgan fingerprint density at radius 2 is 2.06 bits per heavy atom. The zero-order valence-corrected chi connectivity index (χ0v) is 11.2. The average Bonchev–Trinajstić information content (AvgIpc) is 3.11. The highest BCUT2D eigenvalue weighted by Crippen LogP contribution is 2.34. The second-order valence-corrected chi connectivity index (χ2v) is 5.87. The molecule has 2 nitrogen and oxygen atoms in total. The standard InChI is InChI=1S/C14H28N2/c1-4-11(2)12(3)16-9-5-8-15-14(10-16)13-6-7-13/h11-15H,4-10H2,1-3H3. The number of hydrogen-bond acceptors (Lipinski definition) is 2. The molecular formula is C14H28N2. The summed E-state index contributed by atoms with van der Waals surface area (Å²) in [5.41, 5.74) is 0. The lowest BCUT2D eigenvalue weighted by Gasteiger charge is -2.33. The molecule has 1 aliphatic heterocycles. The van der Waals surface area contributed by atoms with Gasteiger partial charge in [0.05, 0.1) is 0 Å². The van der Waals surface area contributed by atoms with Gasteiger partial charge in [-0.15, -0.1) is 0 Å². The van der Waals surface area contributed by atoms with Gasteiger partial charge in [-0.1, -0.05) is 20.3 Å². The van der Waals surface area contributed by atoms with Crippen LogP contribution < -0.4 is 5.32 Å². The molecule has 16 heavy (non-hydrogen) atoms. The van der Waals surface area contributed by atoms with Crippen LogP contribution in [-0.2, 0) is 0 Å². The molecule has 1 saturated carbocycles. The van der Waals surface area contributed by atoms with Crippen LogP contribution >= 0.6 is 0 Å². The molecule has 2 rings (SSSR count). The van der Waals surface area contributed by atoms with Gasteiger partial charge in [0.1, 0.15) is 0 Å². The zero-order valence-electron chi connectivity index (χ0n) is 11.2. The van der Waals surface area contributed by atoms with E-state index in [9.17, 15) is 0 Å². The summed E-state index contributed by atoms with van der Waals surface area (Å²) < 4.78 is 0. The van der Waals surface area contributed by atoms with Crippen LogP contribution in [0.4, 0.5) is 0 Å². The molecule has 1 saturated heterocycles. The van der Waals surface area contributed by atoms with Crippen LogP contribution in [0.5, 0.6) is 0 Å². The molecular weight excluding hydrogens is 196 g/mol. The van der Waals surface area contributed by atoms with Gasteiger partial charge in [-0.3, -0.25) is 4.90 Å². The van der Waals surface area contributed by atoms with Crippen molar-refractivity contribution in [2.24, 2.45) is 11.8 Å². The van der Waals surface area contributed by atoms with Gasteiger partial charge in [0, 0.05) is 18.6 Å². The van der Waals surface area contributed by atoms with Gasteiger partial charge in [-0.25, -0.2) is 0 Å². The third-order valence-electron chi connectivity index (χ3n) is 4.69. The molecule has 1 aliphatic carbocycles. The van der Waals surface area contributed by atoms with Crippen molar-refractivity contribution < 1.29 is 0 Å². The number of nitrogens with one attached hydrogen (secondary N) is 1. The van der Waals surface area contributed by atoms with Crippen molar-refractivity contribution in [2.75, 3.05) is 19.6 Å². The lowest BCUT2D eigenvalue weighted by Crippen LogP contribution is -2.44.